The van der Waals surface area contributed by atoms with Gasteiger partial charge in [0, 0.05) is 17.1 Å². The Kier molecular flexibility index (Phi) is 3.60. The predicted molar refractivity (Wildman–Crippen MR) is 95.7 cm³/mol. The van der Waals surface area contributed by atoms with Crippen molar-refractivity contribution in [2.75, 3.05) is 0 Å². The predicted octanol–water partition coefficient (Wildman–Crippen LogP) is 5.41. The van der Waals surface area contributed by atoms with Crippen LogP contribution in [0.2, 0.25) is 5.02 Å². The van der Waals surface area contributed by atoms with Crippen LogP contribution in [-0.2, 0) is 6.54 Å². The quantitative estimate of drug-likeness (QED) is 0.494. The molecule has 3 heteroatoms. The molecule has 0 aliphatic carbocycles. The van der Waals surface area contributed by atoms with Crippen molar-refractivity contribution in [2.24, 2.45) is 0 Å². The highest BCUT2D eigenvalue weighted by Gasteiger charge is 2.13. The summed E-state index contributed by atoms with van der Waals surface area (Å²) >= 11 is 6.14. The van der Waals surface area contributed by atoms with Crippen LogP contribution in [0.3, 0.4) is 0 Å². The zero-order chi connectivity index (χ0) is 15.6. The Hall–Kier alpha value is -2.58. The van der Waals surface area contributed by atoms with Gasteiger partial charge in [0.15, 0.2) is 0 Å². The maximum Gasteiger partial charge on any atom is 0.141 e. The van der Waals surface area contributed by atoms with E-state index in [0.717, 1.165) is 29.0 Å². The SMILES string of the molecule is Clc1ccc2c(c1)nc(-c1ccccc1)n2Cc1ccccc1. The lowest BCUT2D eigenvalue weighted by Gasteiger charge is -2.09. The number of hydrogen-bond donors (Lipinski definition) is 0. The Morgan fingerprint density at radius 2 is 1.52 bits per heavy atom. The third-order valence-corrected chi connectivity index (χ3v) is 4.16. The number of benzene rings is 3. The monoisotopic (exact) mass is 318 g/mol. The number of imidazole rings is 1. The minimum absolute atomic E-state index is 0.710. The van der Waals surface area contributed by atoms with Crippen molar-refractivity contribution in [3.05, 3.63) is 89.4 Å². The molecule has 0 N–H and O–H groups in total. The van der Waals surface area contributed by atoms with Crippen LogP contribution in [0.15, 0.2) is 78.9 Å². The molecule has 2 nitrogen and oxygen atoms in total. The van der Waals surface area contributed by atoms with Gasteiger partial charge in [-0.2, -0.15) is 0 Å². The van der Waals surface area contributed by atoms with E-state index in [9.17, 15) is 0 Å². The highest BCUT2D eigenvalue weighted by molar-refractivity contribution is 6.31. The fourth-order valence-corrected chi connectivity index (χ4v) is 3.00. The lowest BCUT2D eigenvalue weighted by Crippen LogP contribution is -2.02. The van der Waals surface area contributed by atoms with Crippen LogP contribution in [0.5, 0.6) is 0 Å². The summed E-state index contributed by atoms with van der Waals surface area (Å²) in [6.45, 7) is 0.781. The number of halogens is 1. The molecule has 0 saturated carbocycles. The third-order valence-electron chi connectivity index (χ3n) is 3.93. The fraction of sp³-hybridized carbons (Fsp3) is 0.0500. The van der Waals surface area contributed by atoms with Crippen molar-refractivity contribution in [1.29, 1.82) is 0 Å². The third kappa shape index (κ3) is 2.73. The number of nitrogens with zero attached hydrogens (tertiary/aromatic N) is 2. The number of fused-ring (bicyclic) bond motifs is 1. The lowest BCUT2D eigenvalue weighted by atomic mass is 10.2. The highest BCUT2D eigenvalue weighted by Crippen LogP contribution is 2.27. The average Bonchev–Trinajstić information content (AvgIpc) is 2.94. The smallest absolute Gasteiger partial charge is 0.141 e. The molecule has 23 heavy (non-hydrogen) atoms. The lowest BCUT2D eigenvalue weighted by molar-refractivity contribution is 0.834. The van der Waals surface area contributed by atoms with Gasteiger partial charge in [-0.05, 0) is 23.8 Å². The molecule has 4 aromatic rings. The fourth-order valence-electron chi connectivity index (χ4n) is 2.84. The van der Waals surface area contributed by atoms with Crippen LogP contribution < -0.4 is 0 Å². The highest BCUT2D eigenvalue weighted by atomic mass is 35.5. The van der Waals surface area contributed by atoms with Gasteiger partial charge in [0.1, 0.15) is 5.82 Å². The summed E-state index contributed by atoms with van der Waals surface area (Å²) in [5.74, 6) is 0.965. The molecule has 0 radical (unpaired) electrons. The van der Waals surface area contributed by atoms with Crippen LogP contribution in [0.1, 0.15) is 5.56 Å². The second-order valence-electron chi connectivity index (χ2n) is 5.51. The van der Waals surface area contributed by atoms with E-state index < -0.39 is 0 Å². The molecule has 1 heterocycles. The first-order chi connectivity index (χ1) is 11.3. The molecule has 0 bridgehead atoms. The Balaban J connectivity index is 1.92. The normalized spacial score (nSPS) is 11.0. The van der Waals surface area contributed by atoms with Crippen LogP contribution in [0.4, 0.5) is 0 Å². The van der Waals surface area contributed by atoms with Crippen LogP contribution in [-0.4, -0.2) is 9.55 Å². The zero-order valence-corrected chi connectivity index (χ0v) is 13.2. The van der Waals surface area contributed by atoms with E-state index in [-0.39, 0.29) is 0 Å². The molecular weight excluding hydrogens is 304 g/mol. The molecular formula is C20H15ClN2. The Morgan fingerprint density at radius 3 is 2.26 bits per heavy atom. The molecule has 0 aliphatic rings. The zero-order valence-electron chi connectivity index (χ0n) is 12.5. The van der Waals surface area contributed by atoms with E-state index in [1.807, 2.05) is 42.5 Å². The molecule has 3 aromatic carbocycles. The molecule has 112 valence electrons. The van der Waals surface area contributed by atoms with Crippen LogP contribution in [0.25, 0.3) is 22.4 Å². The average molecular weight is 319 g/mol. The Morgan fingerprint density at radius 1 is 0.826 bits per heavy atom. The van der Waals surface area contributed by atoms with Crippen LogP contribution >= 0.6 is 11.6 Å². The number of rotatable bonds is 3. The number of aromatic nitrogens is 2. The summed E-state index contributed by atoms with van der Waals surface area (Å²) in [6.07, 6.45) is 0. The van der Waals surface area contributed by atoms with Gasteiger partial charge in [0.2, 0.25) is 0 Å². The van der Waals surface area contributed by atoms with E-state index in [0.29, 0.717) is 5.02 Å². The van der Waals surface area contributed by atoms with Crippen molar-refractivity contribution < 1.29 is 0 Å². The maximum atomic E-state index is 6.14. The Labute approximate surface area is 140 Å². The number of hydrogen-bond acceptors (Lipinski definition) is 1. The summed E-state index contributed by atoms with van der Waals surface area (Å²) < 4.78 is 2.25. The van der Waals surface area contributed by atoms with E-state index >= 15 is 0 Å². The Bertz CT molecular complexity index is 943. The van der Waals surface area contributed by atoms with Crippen molar-refractivity contribution in [2.45, 2.75) is 6.54 Å². The van der Waals surface area contributed by atoms with Gasteiger partial charge >= 0.3 is 0 Å². The minimum atomic E-state index is 0.710. The summed E-state index contributed by atoms with van der Waals surface area (Å²) in [7, 11) is 0. The standard InChI is InChI=1S/C20H15ClN2/c21-17-11-12-19-18(13-17)22-20(16-9-5-2-6-10-16)23(19)14-15-7-3-1-4-8-15/h1-13H,14H2. The topological polar surface area (TPSA) is 17.8 Å². The van der Waals surface area contributed by atoms with Crippen molar-refractivity contribution >= 4 is 22.6 Å². The van der Waals surface area contributed by atoms with Gasteiger partial charge in [-0.25, -0.2) is 4.98 Å². The second kappa shape index (κ2) is 5.90. The van der Waals surface area contributed by atoms with Crippen LogP contribution in [0, 0.1) is 0 Å². The van der Waals surface area contributed by atoms with E-state index in [2.05, 4.69) is 41.0 Å². The second-order valence-corrected chi connectivity index (χ2v) is 5.94. The molecule has 0 unspecified atom stereocenters. The van der Waals surface area contributed by atoms with E-state index in [1.54, 1.807) is 0 Å². The van der Waals surface area contributed by atoms with E-state index in [1.165, 1.54) is 5.56 Å². The molecule has 0 atom stereocenters. The molecule has 0 aliphatic heterocycles. The molecule has 0 fully saturated rings. The molecule has 0 spiro atoms. The van der Waals surface area contributed by atoms with Gasteiger partial charge in [-0.1, -0.05) is 72.3 Å². The van der Waals surface area contributed by atoms with Gasteiger partial charge < -0.3 is 4.57 Å². The summed E-state index contributed by atoms with van der Waals surface area (Å²) in [5, 5.41) is 0.710. The van der Waals surface area contributed by atoms with Gasteiger partial charge in [0.05, 0.1) is 11.0 Å². The van der Waals surface area contributed by atoms with Gasteiger partial charge in [0.25, 0.3) is 0 Å². The van der Waals surface area contributed by atoms with Crippen molar-refractivity contribution in [3.63, 3.8) is 0 Å². The van der Waals surface area contributed by atoms with E-state index in [4.69, 9.17) is 16.6 Å². The van der Waals surface area contributed by atoms with Gasteiger partial charge in [-0.15, -0.1) is 0 Å². The summed E-state index contributed by atoms with van der Waals surface area (Å²) in [6, 6.07) is 26.6. The molecule has 4 rings (SSSR count). The first kappa shape index (κ1) is 14.0. The van der Waals surface area contributed by atoms with Gasteiger partial charge in [-0.3, -0.25) is 0 Å². The first-order valence-electron chi connectivity index (χ1n) is 7.56. The first-order valence-corrected chi connectivity index (χ1v) is 7.94. The largest absolute Gasteiger partial charge is 0.319 e. The summed E-state index contributed by atoms with van der Waals surface area (Å²) in [4.78, 5) is 4.82. The van der Waals surface area contributed by atoms with Crippen molar-refractivity contribution in [1.82, 2.24) is 9.55 Å². The molecule has 1 aromatic heterocycles. The molecule has 0 amide bonds. The minimum Gasteiger partial charge on any atom is -0.319 e. The summed E-state index contributed by atoms with van der Waals surface area (Å²) in [5.41, 5.74) is 4.37. The maximum absolute atomic E-state index is 6.14. The molecule has 0 saturated heterocycles. The van der Waals surface area contributed by atoms with Crippen molar-refractivity contribution in [3.8, 4) is 11.4 Å².